The van der Waals surface area contributed by atoms with Gasteiger partial charge in [0.1, 0.15) is 5.75 Å². The van der Waals surface area contributed by atoms with E-state index in [9.17, 15) is 0 Å². The van der Waals surface area contributed by atoms with E-state index in [1.165, 1.54) is 5.56 Å². The molecule has 0 radical (unpaired) electrons. The SMILES string of the molecule is CCCc1ccccc1Nc1ccc(OC)cc1N. The van der Waals surface area contributed by atoms with Crippen molar-refractivity contribution in [3.05, 3.63) is 48.0 Å². The first kappa shape index (κ1) is 13.3. The Labute approximate surface area is 114 Å². The molecule has 3 nitrogen and oxygen atoms in total. The Morgan fingerprint density at radius 2 is 1.89 bits per heavy atom. The lowest BCUT2D eigenvalue weighted by molar-refractivity contribution is 0.415. The normalized spacial score (nSPS) is 10.2. The first-order chi connectivity index (χ1) is 9.24. The molecule has 0 aromatic heterocycles. The number of aryl methyl sites for hydroxylation is 1. The number of nitrogens with two attached hydrogens (primary N) is 1. The highest BCUT2D eigenvalue weighted by molar-refractivity contribution is 5.75. The maximum absolute atomic E-state index is 6.03. The molecule has 0 heterocycles. The standard InChI is InChI=1S/C16H20N2O/c1-3-6-12-7-4-5-8-15(12)18-16-10-9-13(19-2)11-14(16)17/h4-5,7-11,18H,3,6,17H2,1-2H3. The second-order valence-electron chi connectivity index (χ2n) is 4.49. The average molecular weight is 256 g/mol. The van der Waals surface area contributed by atoms with Crippen molar-refractivity contribution in [1.29, 1.82) is 0 Å². The van der Waals surface area contributed by atoms with Crippen LogP contribution in [-0.2, 0) is 6.42 Å². The molecule has 2 aromatic rings. The van der Waals surface area contributed by atoms with Crippen LogP contribution in [0.3, 0.4) is 0 Å². The number of para-hydroxylation sites is 1. The third-order valence-corrected chi connectivity index (χ3v) is 3.06. The molecule has 0 aliphatic heterocycles. The van der Waals surface area contributed by atoms with Crippen molar-refractivity contribution >= 4 is 17.1 Å². The molecule has 0 amide bonds. The first-order valence-corrected chi connectivity index (χ1v) is 6.53. The lowest BCUT2D eigenvalue weighted by Crippen LogP contribution is -1.99. The number of nitrogens with one attached hydrogen (secondary N) is 1. The number of anilines is 3. The summed E-state index contributed by atoms with van der Waals surface area (Å²) in [6.45, 7) is 2.18. The van der Waals surface area contributed by atoms with Crippen molar-refractivity contribution in [3.8, 4) is 5.75 Å². The van der Waals surface area contributed by atoms with E-state index in [1.807, 2.05) is 24.3 Å². The molecule has 100 valence electrons. The van der Waals surface area contributed by atoms with E-state index in [4.69, 9.17) is 10.5 Å². The Morgan fingerprint density at radius 1 is 1.11 bits per heavy atom. The number of nitrogen functional groups attached to an aromatic ring is 1. The molecule has 19 heavy (non-hydrogen) atoms. The average Bonchev–Trinajstić information content (AvgIpc) is 2.43. The van der Waals surface area contributed by atoms with E-state index in [2.05, 4.69) is 30.4 Å². The second-order valence-corrected chi connectivity index (χ2v) is 4.49. The summed E-state index contributed by atoms with van der Waals surface area (Å²) in [5.41, 5.74) is 10.0. The lowest BCUT2D eigenvalue weighted by atomic mass is 10.1. The molecule has 0 unspecified atom stereocenters. The quantitative estimate of drug-likeness (QED) is 0.796. The molecule has 0 spiro atoms. The van der Waals surface area contributed by atoms with Crippen molar-refractivity contribution in [1.82, 2.24) is 0 Å². The summed E-state index contributed by atoms with van der Waals surface area (Å²) in [6.07, 6.45) is 2.18. The fourth-order valence-corrected chi connectivity index (χ4v) is 2.06. The monoisotopic (exact) mass is 256 g/mol. The van der Waals surface area contributed by atoms with Crippen molar-refractivity contribution in [2.24, 2.45) is 0 Å². The third kappa shape index (κ3) is 3.19. The van der Waals surface area contributed by atoms with E-state index in [-0.39, 0.29) is 0 Å². The number of hydrogen-bond acceptors (Lipinski definition) is 3. The third-order valence-electron chi connectivity index (χ3n) is 3.06. The topological polar surface area (TPSA) is 47.3 Å². The molecule has 0 saturated carbocycles. The van der Waals surface area contributed by atoms with Gasteiger partial charge in [-0.2, -0.15) is 0 Å². The summed E-state index contributed by atoms with van der Waals surface area (Å²) in [5, 5.41) is 3.40. The Kier molecular flexibility index (Phi) is 4.29. The molecule has 0 atom stereocenters. The minimum atomic E-state index is 0.686. The van der Waals surface area contributed by atoms with Crippen LogP contribution in [0.1, 0.15) is 18.9 Å². The van der Waals surface area contributed by atoms with Gasteiger partial charge in [0, 0.05) is 11.8 Å². The van der Waals surface area contributed by atoms with Crippen LogP contribution in [0.25, 0.3) is 0 Å². The Bertz CT molecular complexity index is 552. The van der Waals surface area contributed by atoms with E-state index in [1.54, 1.807) is 7.11 Å². The number of methoxy groups -OCH3 is 1. The maximum atomic E-state index is 6.03. The summed E-state index contributed by atoms with van der Waals surface area (Å²) in [4.78, 5) is 0. The van der Waals surface area contributed by atoms with Gasteiger partial charge >= 0.3 is 0 Å². The summed E-state index contributed by atoms with van der Waals surface area (Å²) in [5.74, 6) is 0.768. The van der Waals surface area contributed by atoms with Gasteiger partial charge in [-0.1, -0.05) is 31.5 Å². The van der Waals surface area contributed by atoms with Gasteiger partial charge in [-0.3, -0.25) is 0 Å². The van der Waals surface area contributed by atoms with Crippen LogP contribution < -0.4 is 15.8 Å². The van der Waals surface area contributed by atoms with Gasteiger partial charge in [-0.05, 0) is 30.2 Å². The zero-order valence-electron chi connectivity index (χ0n) is 11.4. The van der Waals surface area contributed by atoms with Crippen LogP contribution in [0, 0.1) is 0 Å². The Morgan fingerprint density at radius 3 is 2.58 bits per heavy atom. The molecule has 3 heteroatoms. The van der Waals surface area contributed by atoms with Crippen LogP contribution in [0.15, 0.2) is 42.5 Å². The first-order valence-electron chi connectivity index (χ1n) is 6.53. The highest BCUT2D eigenvalue weighted by atomic mass is 16.5. The highest BCUT2D eigenvalue weighted by Crippen LogP contribution is 2.29. The number of benzene rings is 2. The van der Waals surface area contributed by atoms with Gasteiger partial charge in [-0.25, -0.2) is 0 Å². The van der Waals surface area contributed by atoms with Gasteiger partial charge in [0.05, 0.1) is 18.5 Å². The molecular formula is C16H20N2O. The van der Waals surface area contributed by atoms with Crippen molar-refractivity contribution in [3.63, 3.8) is 0 Å². The minimum absolute atomic E-state index is 0.686. The summed E-state index contributed by atoms with van der Waals surface area (Å²) in [6, 6.07) is 14.0. The smallest absolute Gasteiger partial charge is 0.121 e. The summed E-state index contributed by atoms with van der Waals surface area (Å²) in [7, 11) is 1.64. The Hall–Kier alpha value is -2.16. The van der Waals surface area contributed by atoms with Crippen molar-refractivity contribution < 1.29 is 4.74 Å². The van der Waals surface area contributed by atoms with Crippen LogP contribution in [0.4, 0.5) is 17.1 Å². The number of hydrogen-bond donors (Lipinski definition) is 2. The summed E-state index contributed by atoms with van der Waals surface area (Å²) < 4.78 is 5.15. The van der Waals surface area contributed by atoms with E-state index in [0.717, 1.165) is 30.0 Å². The Balaban J connectivity index is 2.26. The molecule has 2 rings (SSSR count). The van der Waals surface area contributed by atoms with E-state index in [0.29, 0.717) is 5.69 Å². The predicted molar refractivity (Wildman–Crippen MR) is 81.1 cm³/mol. The van der Waals surface area contributed by atoms with E-state index < -0.39 is 0 Å². The molecule has 0 aliphatic carbocycles. The fraction of sp³-hybridized carbons (Fsp3) is 0.250. The van der Waals surface area contributed by atoms with Crippen LogP contribution in [-0.4, -0.2) is 7.11 Å². The molecule has 0 fully saturated rings. The molecule has 0 aliphatic rings. The zero-order chi connectivity index (χ0) is 13.7. The predicted octanol–water partition coefficient (Wildman–Crippen LogP) is 3.97. The number of rotatable bonds is 5. The lowest BCUT2D eigenvalue weighted by Gasteiger charge is -2.14. The van der Waals surface area contributed by atoms with E-state index >= 15 is 0 Å². The van der Waals surface area contributed by atoms with Crippen LogP contribution in [0.2, 0.25) is 0 Å². The van der Waals surface area contributed by atoms with Crippen LogP contribution in [0.5, 0.6) is 5.75 Å². The summed E-state index contributed by atoms with van der Waals surface area (Å²) >= 11 is 0. The number of ether oxygens (including phenoxy) is 1. The molecule has 2 aromatic carbocycles. The van der Waals surface area contributed by atoms with Gasteiger partial charge in [0.2, 0.25) is 0 Å². The van der Waals surface area contributed by atoms with Crippen molar-refractivity contribution in [2.45, 2.75) is 19.8 Å². The fourth-order valence-electron chi connectivity index (χ4n) is 2.06. The maximum Gasteiger partial charge on any atom is 0.121 e. The second kappa shape index (κ2) is 6.14. The molecule has 3 N–H and O–H groups in total. The largest absolute Gasteiger partial charge is 0.497 e. The highest BCUT2D eigenvalue weighted by Gasteiger charge is 2.05. The van der Waals surface area contributed by atoms with Gasteiger partial charge in [-0.15, -0.1) is 0 Å². The van der Waals surface area contributed by atoms with Crippen LogP contribution >= 0.6 is 0 Å². The van der Waals surface area contributed by atoms with Crippen molar-refractivity contribution in [2.75, 3.05) is 18.2 Å². The molecule has 0 saturated heterocycles. The van der Waals surface area contributed by atoms with Gasteiger partial charge in [0.15, 0.2) is 0 Å². The minimum Gasteiger partial charge on any atom is -0.497 e. The molecular weight excluding hydrogens is 236 g/mol. The van der Waals surface area contributed by atoms with Gasteiger partial charge < -0.3 is 15.8 Å². The molecule has 0 bridgehead atoms. The zero-order valence-corrected chi connectivity index (χ0v) is 11.4. The van der Waals surface area contributed by atoms with Gasteiger partial charge in [0.25, 0.3) is 0 Å².